The molecule has 4 rings (SSSR count). The van der Waals surface area contributed by atoms with Gasteiger partial charge in [-0.25, -0.2) is 18.2 Å². The van der Waals surface area contributed by atoms with E-state index in [1.54, 1.807) is 36.4 Å². The molecule has 1 atom stereocenters. The number of hydrogen-bond donors (Lipinski definition) is 1. The first-order valence-corrected chi connectivity index (χ1v) is 12.7. The van der Waals surface area contributed by atoms with E-state index >= 15 is 0 Å². The predicted octanol–water partition coefficient (Wildman–Crippen LogP) is 4.36. The van der Waals surface area contributed by atoms with Crippen molar-refractivity contribution in [3.63, 3.8) is 0 Å². The summed E-state index contributed by atoms with van der Waals surface area (Å²) in [5.74, 6) is -0.209. The molecule has 0 bridgehead atoms. The molecule has 0 saturated carbocycles. The Bertz CT molecular complexity index is 1320. The zero-order valence-electron chi connectivity index (χ0n) is 18.6. The van der Waals surface area contributed by atoms with Gasteiger partial charge in [0.1, 0.15) is 24.2 Å². The summed E-state index contributed by atoms with van der Waals surface area (Å²) in [4.78, 5) is 12.8. The lowest BCUT2D eigenvalue weighted by molar-refractivity contribution is -0.124. The van der Waals surface area contributed by atoms with Gasteiger partial charge in [0.05, 0.1) is 11.1 Å². The van der Waals surface area contributed by atoms with Crippen LogP contribution in [-0.4, -0.2) is 37.4 Å². The molecule has 1 fully saturated rings. The van der Waals surface area contributed by atoms with E-state index in [1.807, 2.05) is 0 Å². The fraction of sp³-hybridized carbons (Fsp3) is 0.200. The van der Waals surface area contributed by atoms with Gasteiger partial charge in [-0.1, -0.05) is 23.7 Å². The Balaban J connectivity index is 1.33. The summed E-state index contributed by atoms with van der Waals surface area (Å²) in [6.45, 7) is 0.488. The van der Waals surface area contributed by atoms with E-state index in [2.05, 4.69) is 10.5 Å². The van der Waals surface area contributed by atoms with Crippen LogP contribution < -0.4 is 10.2 Å². The first-order valence-electron chi connectivity index (χ1n) is 10.9. The average Bonchev–Trinajstić information content (AvgIpc) is 3.35. The van der Waals surface area contributed by atoms with Crippen molar-refractivity contribution in [2.75, 3.05) is 6.54 Å². The third kappa shape index (κ3) is 6.25. The highest BCUT2D eigenvalue weighted by Crippen LogP contribution is 2.27. The maximum Gasteiger partial charge on any atom is 0.258 e. The standard InChI is InChI=1S/C25H23ClFN3O4S/c26-20-8-12-23(13-9-20)35(32,33)30-14-2-5-24(30)25(31)29-28-16-18-6-10-22(11-7-18)34-17-19-3-1-4-21(27)15-19/h1,3-4,6-13,15-16,24H,2,5,14,17H2,(H,29,31)/b28-16-/t24-/m0/s1. The lowest BCUT2D eigenvalue weighted by atomic mass is 10.2. The Morgan fingerprint density at radius 2 is 1.89 bits per heavy atom. The molecule has 1 heterocycles. The highest BCUT2D eigenvalue weighted by Gasteiger charge is 2.39. The zero-order chi connectivity index (χ0) is 24.8. The van der Waals surface area contributed by atoms with E-state index in [0.29, 0.717) is 29.2 Å². The van der Waals surface area contributed by atoms with Crippen LogP contribution in [0.3, 0.4) is 0 Å². The van der Waals surface area contributed by atoms with Crippen molar-refractivity contribution >= 4 is 33.7 Å². The molecule has 1 N–H and O–H groups in total. The summed E-state index contributed by atoms with van der Waals surface area (Å²) >= 11 is 5.86. The number of hydrazone groups is 1. The normalized spacial score (nSPS) is 16.5. The number of halogens is 2. The molecule has 0 radical (unpaired) electrons. The van der Waals surface area contributed by atoms with Crippen LogP contribution in [0, 0.1) is 5.82 Å². The van der Waals surface area contributed by atoms with Crippen LogP contribution in [-0.2, 0) is 21.4 Å². The molecule has 35 heavy (non-hydrogen) atoms. The Labute approximate surface area is 208 Å². The molecule has 7 nitrogen and oxygen atoms in total. The minimum atomic E-state index is -3.83. The molecule has 1 saturated heterocycles. The monoisotopic (exact) mass is 515 g/mol. The molecule has 0 aliphatic carbocycles. The van der Waals surface area contributed by atoms with Crippen LogP contribution in [0.2, 0.25) is 5.02 Å². The highest BCUT2D eigenvalue weighted by molar-refractivity contribution is 7.89. The molecular formula is C25H23ClFN3O4S. The molecule has 0 unspecified atom stereocenters. The Hall–Kier alpha value is -3.27. The van der Waals surface area contributed by atoms with E-state index in [1.165, 1.54) is 46.9 Å². The lowest BCUT2D eigenvalue weighted by Gasteiger charge is -2.22. The van der Waals surface area contributed by atoms with Crippen LogP contribution in [0.5, 0.6) is 5.75 Å². The number of nitrogens with one attached hydrogen (secondary N) is 1. The Morgan fingerprint density at radius 1 is 1.14 bits per heavy atom. The van der Waals surface area contributed by atoms with Crippen molar-refractivity contribution in [1.82, 2.24) is 9.73 Å². The molecule has 10 heteroatoms. The van der Waals surface area contributed by atoms with Gasteiger partial charge in [0, 0.05) is 11.6 Å². The van der Waals surface area contributed by atoms with Crippen molar-refractivity contribution in [3.8, 4) is 5.75 Å². The number of amides is 1. The largest absolute Gasteiger partial charge is 0.489 e. The van der Waals surface area contributed by atoms with Crippen molar-refractivity contribution in [3.05, 3.63) is 94.8 Å². The number of sulfonamides is 1. The van der Waals surface area contributed by atoms with Gasteiger partial charge in [0.15, 0.2) is 0 Å². The maximum absolute atomic E-state index is 13.3. The second-order valence-corrected chi connectivity index (χ2v) is 10.3. The van der Waals surface area contributed by atoms with Crippen molar-refractivity contribution in [2.45, 2.75) is 30.4 Å². The summed E-state index contributed by atoms with van der Waals surface area (Å²) in [5.41, 5.74) is 3.87. The maximum atomic E-state index is 13.3. The number of carbonyl (C=O) groups excluding carboxylic acids is 1. The van der Waals surface area contributed by atoms with Crippen molar-refractivity contribution < 1.29 is 22.3 Å². The number of rotatable bonds is 8. The molecular weight excluding hydrogens is 493 g/mol. The van der Waals surface area contributed by atoms with Crippen molar-refractivity contribution in [2.24, 2.45) is 5.10 Å². The van der Waals surface area contributed by atoms with Gasteiger partial charge in [-0.3, -0.25) is 4.79 Å². The molecule has 0 aromatic heterocycles. The zero-order valence-corrected chi connectivity index (χ0v) is 20.2. The molecule has 1 aliphatic rings. The number of ether oxygens (including phenoxy) is 1. The molecule has 1 amide bonds. The second-order valence-electron chi connectivity index (χ2n) is 7.95. The SMILES string of the molecule is O=C(N/N=C\c1ccc(OCc2cccc(F)c2)cc1)[C@@H]1CCCN1S(=O)(=O)c1ccc(Cl)cc1. The average molecular weight is 516 g/mol. The molecule has 182 valence electrons. The van der Waals surface area contributed by atoms with Crippen LogP contribution >= 0.6 is 11.6 Å². The van der Waals surface area contributed by atoms with Crippen LogP contribution in [0.1, 0.15) is 24.0 Å². The smallest absolute Gasteiger partial charge is 0.258 e. The van der Waals surface area contributed by atoms with Gasteiger partial charge >= 0.3 is 0 Å². The third-order valence-electron chi connectivity index (χ3n) is 5.49. The quantitative estimate of drug-likeness (QED) is 0.356. The summed E-state index contributed by atoms with van der Waals surface area (Å²) in [6, 6.07) is 18.2. The van der Waals surface area contributed by atoms with E-state index in [4.69, 9.17) is 16.3 Å². The number of nitrogens with zero attached hydrogens (tertiary/aromatic N) is 2. The molecule has 0 spiro atoms. The van der Waals surface area contributed by atoms with Gasteiger partial charge in [0.2, 0.25) is 10.0 Å². The third-order valence-corrected chi connectivity index (χ3v) is 7.66. The lowest BCUT2D eigenvalue weighted by Crippen LogP contribution is -2.44. The number of hydrogen-bond acceptors (Lipinski definition) is 5. The molecule has 3 aromatic rings. The van der Waals surface area contributed by atoms with Crippen molar-refractivity contribution in [1.29, 1.82) is 0 Å². The summed E-state index contributed by atoms with van der Waals surface area (Å²) < 4.78 is 46.1. The van der Waals surface area contributed by atoms with E-state index in [9.17, 15) is 17.6 Å². The van der Waals surface area contributed by atoms with Gasteiger partial charge in [-0.05, 0) is 84.6 Å². The van der Waals surface area contributed by atoms with E-state index in [0.717, 1.165) is 5.56 Å². The van der Waals surface area contributed by atoms with Gasteiger partial charge < -0.3 is 4.74 Å². The minimum absolute atomic E-state index is 0.0878. The van der Waals surface area contributed by atoms with Gasteiger partial charge in [-0.15, -0.1) is 0 Å². The molecule has 1 aliphatic heterocycles. The Kier molecular flexibility index (Phi) is 7.80. The molecule has 3 aromatic carbocycles. The predicted molar refractivity (Wildman–Crippen MR) is 131 cm³/mol. The first kappa shape index (κ1) is 24.8. The fourth-order valence-electron chi connectivity index (χ4n) is 3.72. The Morgan fingerprint density at radius 3 is 2.60 bits per heavy atom. The topological polar surface area (TPSA) is 88.1 Å². The fourth-order valence-corrected chi connectivity index (χ4v) is 5.50. The number of carbonyl (C=O) groups is 1. The summed E-state index contributed by atoms with van der Waals surface area (Å²) in [6.07, 6.45) is 2.44. The van der Waals surface area contributed by atoms with Crippen LogP contribution in [0.4, 0.5) is 4.39 Å². The van der Waals surface area contributed by atoms with Crippen LogP contribution in [0.15, 0.2) is 82.8 Å². The van der Waals surface area contributed by atoms with Gasteiger partial charge in [0.25, 0.3) is 5.91 Å². The summed E-state index contributed by atoms with van der Waals surface area (Å²) in [5, 5.41) is 4.40. The van der Waals surface area contributed by atoms with Crippen LogP contribution in [0.25, 0.3) is 0 Å². The van der Waals surface area contributed by atoms with Gasteiger partial charge in [-0.2, -0.15) is 9.41 Å². The summed E-state index contributed by atoms with van der Waals surface area (Å²) in [7, 11) is -3.83. The number of benzene rings is 3. The second kappa shape index (κ2) is 11.0. The minimum Gasteiger partial charge on any atom is -0.489 e. The first-order chi connectivity index (χ1) is 16.8. The van der Waals surface area contributed by atoms with E-state index in [-0.39, 0.29) is 23.9 Å². The highest BCUT2D eigenvalue weighted by atomic mass is 35.5. The van der Waals surface area contributed by atoms with E-state index < -0.39 is 22.0 Å².